The first-order valence-electron chi connectivity index (χ1n) is 8.96. The molecule has 1 fully saturated rings. The van der Waals surface area contributed by atoms with E-state index in [4.69, 9.17) is 0 Å². The van der Waals surface area contributed by atoms with Gasteiger partial charge in [0.25, 0.3) is 5.91 Å². The molecule has 1 aliphatic carbocycles. The van der Waals surface area contributed by atoms with Gasteiger partial charge in [0.1, 0.15) is 0 Å². The van der Waals surface area contributed by atoms with Gasteiger partial charge in [-0.1, -0.05) is 36.4 Å². The first kappa shape index (κ1) is 17.0. The van der Waals surface area contributed by atoms with Gasteiger partial charge in [-0.3, -0.25) is 14.3 Å². The van der Waals surface area contributed by atoms with E-state index in [0.29, 0.717) is 23.5 Å². The van der Waals surface area contributed by atoms with Crippen LogP contribution in [0.1, 0.15) is 28.8 Å². The standard InChI is InChI=1S/C21H20N4O2/c26-20(16-9-10-16)23-18-7-4-8-19(11-18)24-21(27)17-12-22-25(14-17)13-15-5-2-1-3-6-15/h1-8,11-12,14,16H,9-10,13H2,(H,23,26)(H,24,27). The molecule has 2 N–H and O–H groups in total. The van der Waals surface area contributed by atoms with E-state index in [1.165, 1.54) is 0 Å². The van der Waals surface area contributed by atoms with Crippen molar-refractivity contribution in [2.24, 2.45) is 5.92 Å². The van der Waals surface area contributed by atoms with Crippen molar-refractivity contribution >= 4 is 23.2 Å². The van der Waals surface area contributed by atoms with Crippen molar-refractivity contribution in [3.8, 4) is 0 Å². The minimum absolute atomic E-state index is 0.0423. The molecule has 0 aliphatic heterocycles. The first-order chi connectivity index (χ1) is 13.2. The molecule has 2 aromatic carbocycles. The van der Waals surface area contributed by atoms with Crippen LogP contribution in [0.2, 0.25) is 0 Å². The van der Waals surface area contributed by atoms with Gasteiger partial charge >= 0.3 is 0 Å². The van der Waals surface area contributed by atoms with Gasteiger partial charge in [0.2, 0.25) is 5.91 Å². The lowest BCUT2D eigenvalue weighted by atomic mass is 10.2. The lowest BCUT2D eigenvalue weighted by Crippen LogP contribution is -2.14. The Kier molecular flexibility index (Phi) is 4.70. The van der Waals surface area contributed by atoms with Crippen molar-refractivity contribution in [3.05, 3.63) is 78.1 Å². The molecule has 0 bridgehead atoms. The van der Waals surface area contributed by atoms with Crippen molar-refractivity contribution in [3.63, 3.8) is 0 Å². The molecule has 1 aromatic heterocycles. The van der Waals surface area contributed by atoms with E-state index in [0.717, 1.165) is 18.4 Å². The van der Waals surface area contributed by atoms with Crippen LogP contribution in [0.15, 0.2) is 67.0 Å². The van der Waals surface area contributed by atoms with Gasteiger partial charge in [-0.25, -0.2) is 0 Å². The number of hydrogen-bond donors (Lipinski definition) is 2. The van der Waals surface area contributed by atoms with Crippen molar-refractivity contribution < 1.29 is 9.59 Å². The zero-order valence-corrected chi connectivity index (χ0v) is 14.8. The van der Waals surface area contributed by atoms with E-state index in [1.807, 2.05) is 36.4 Å². The number of hydrogen-bond acceptors (Lipinski definition) is 3. The molecule has 6 nitrogen and oxygen atoms in total. The Bertz CT molecular complexity index is 961. The zero-order valence-electron chi connectivity index (χ0n) is 14.8. The normalized spacial score (nSPS) is 13.2. The number of carbonyl (C=O) groups is 2. The fraction of sp³-hybridized carbons (Fsp3) is 0.190. The van der Waals surface area contributed by atoms with Crippen LogP contribution in [0, 0.1) is 5.92 Å². The van der Waals surface area contributed by atoms with E-state index < -0.39 is 0 Å². The fourth-order valence-corrected chi connectivity index (χ4v) is 2.81. The summed E-state index contributed by atoms with van der Waals surface area (Å²) in [5.74, 6) is -0.0562. The Labute approximate surface area is 157 Å². The number of nitrogens with one attached hydrogen (secondary N) is 2. The Hall–Kier alpha value is -3.41. The van der Waals surface area contributed by atoms with Crippen molar-refractivity contribution in [2.75, 3.05) is 10.6 Å². The van der Waals surface area contributed by atoms with E-state index >= 15 is 0 Å². The van der Waals surface area contributed by atoms with E-state index in [-0.39, 0.29) is 17.7 Å². The summed E-state index contributed by atoms with van der Waals surface area (Å²) in [5, 5.41) is 9.99. The maximum Gasteiger partial charge on any atom is 0.258 e. The Morgan fingerprint density at radius 2 is 1.74 bits per heavy atom. The number of amides is 2. The highest BCUT2D eigenvalue weighted by molar-refractivity contribution is 6.04. The van der Waals surface area contributed by atoms with Gasteiger partial charge in [-0.15, -0.1) is 0 Å². The highest BCUT2D eigenvalue weighted by Gasteiger charge is 2.29. The molecular weight excluding hydrogens is 340 g/mol. The molecule has 4 rings (SSSR count). The van der Waals surface area contributed by atoms with E-state index in [9.17, 15) is 9.59 Å². The van der Waals surface area contributed by atoms with Crippen LogP contribution < -0.4 is 10.6 Å². The van der Waals surface area contributed by atoms with Gasteiger partial charge in [0, 0.05) is 23.5 Å². The molecule has 0 spiro atoms. The number of nitrogens with zero attached hydrogens (tertiary/aromatic N) is 2. The monoisotopic (exact) mass is 360 g/mol. The topological polar surface area (TPSA) is 76.0 Å². The molecule has 2 amide bonds. The van der Waals surface area contributed by atoms with Crippen molar-refractivity contribution in [1.82, 2.24) is 9.78 Å². The smallest absolute Gasteiger partial charge is 0.258 e. The SMILES string of the molecule is O=C(Nc1cccc(NC(=O)C2CC2)c1)c1cnn(Cc2ccccc2)c1. The van der Waals surface area contributed by atoms with E-state index in [1.54, 1.807) is 35.3 Å². The lowest BCUT2D eigenvalue weighted by Gasteiger charge is -2.08. The van der Waals surface area contributed by atoms with Crippen LogP contribution in [0.3, 0.4) is 0 Å². The molecule has 1 saturated carbocycles. The molecule has 6 heteroatoms. The second-order valence-electron chi connectivity index (χ2n) is 6.71. The molecule has 136 valence electrons. The Balaban J connectivity index is 1.39. The van der Waals surface area contributed by atoms with Crippen LogP contribution in [0.25, 0.3) is 0 Å². The minimum Gasteiger partial charge on any atom is -0.326 e. The minimum atomic E-state index is -0.236. The Morgan fingerprint density at radius 3 is 2.48 bits per heavy atom. The number of carbonyl (C=O) groups excluding carboxylic acids is 2. The third-order valence-corrected chi connectivity index (χ3v) is 4.42. The van der Waals surface area contributed by atoms with Crippen molar-refractivity contribution in [2.45, 2.75) is 19.4 Å². The van der Waals surface area contributed by atoms with Crippen molar-refractivity contribution in [1.29, 1.82) is 0 Å². The zero-order chi connectivity index (χ0) is 18.6. The number of rotatable bonds is 6. The van der Waals surface area contributed by atoms with Crippen LogP contribution in [-0.4, -0.2) is 21.6 Å². The maximum atomic E-state index is 12.5. The molecule has 27 heavy (non-hydrogen) atoms. The van der Waals surface area contributed by atoms with Crippen LogP contribution in [-0.2, 0) is 11.3 Å². The average Bonchev–Trinajstić information content (AvgIpc) is 3.42. The highest BCUT2D eigenvalue weighted by Crippen LogP contribution is 2.30. The fourth-order valence-electron chi connectivity index (χ4n) is 2.81. The molecular formula is C21H20N4O2. The summed E-state index contributed by atoms with van der Waals surface area (Å²) in [4.78, 5) is 24.4. The molecule has 0 unspecified atom stereocenters. The van der Waals surface area contributed by atoms with E-state index in [2.05, 4.69) is 15.7 Å². The van der Waals surface area contributed by atoms with Gasteiger partial charge < -0.3 is 10.6 Å². The quantitative estimate of drug-likeness (QED) is 0.706. The summed E-state index contributed by atoms with van der Waals surface area (Å²) in [7, 11) is 0. The second kappa shape index (κ2) is 7.45. The Morgan fingerprint density at radius 1 is 1.00 bits per heavy atom. The molecule has 3 aromatic rings. The van der Waals surface area contributed by atoms with Gasteiger partial charge in [-0.05, 0) is 36.6 Å². The molecule has 0 saturated heterocycles. The van der Waals surface area contributed by atoms with Gasteiger partial charge in [-0.2, -0.15) is 5.10 Å². The molecule has 0 atom stereocenters. The highest BCUT2D eigenvalue weighted by atomic mass is 16.2. The largest absolute Gasteiger partial charge is 0.326 e. The second-order valence-corrected chi connectivity index (χ2v) is 6.71. The molecule has 1 heterocycles. The van der Waals surface area contributed by atoms with Gasteiger partial charge in [0.15, 0.2) is 0 Å². The van der Waals surface area contributed by atoms with Crippen LogP contribution in [0.4, 0.5) is 11.4 Å². The number of benzene rings is 2. The summed E-state index contributed by atoms with van der Waals surface area (Å²) in [6.45, 7) is 0.608. The maximum absolute atomic E-state index is 12.5. The molecule has 1 aliphatic rings. The third-order valence-electron chi connectivity index (χ3n) is 4.42. The third kappa shape index (κ3) is 4.41. The predicted molar refractivity (Wildman–Crippen MR) is 104 cm³/mol. The van der Waals surface area contributed by atoms with Crippen LogP contribution in [0.5, 0.6) is 0 Å². The lowest BCUT2D eigenvalue weighted by molar-refractivity contribution is -0.117. The van der Waals surface area contributed by atoms with Gasteiger partial charge in [0.05, 0.1) is 18.3 Å². The summed E-state index contributed by atoms with van der Waals surface area (Å²) in [5.41, 5.74) is 2.92. The van der Waals surface area contributed by atoms with Crippen LogP contribution >= 0.6 is 0 Å². The number of aromatic nitrogens is 2. The first-order valence-corrected chi connectivity index (χ1v) is 8.96. The molecule has 0 radical (unpaired) electrons. The summed E-state index contributed by atoms with van der Waals surface area (Å²) < 4.78 is 1.73. The average molecular weight is 360 g/mol. The summed E-state index contributed by atoms with van der Waals surface area (Å²) in [6, 6.07) is 17.1. The summed E-state index contributed by atoms with van der Waals surface area (Å²) >= 11 is 0. The predicted octanol–water partition coefficient (Wildman–Crippen LogP) is 3.53. The summed E-state index contributed by atoms with van der Waals surface area (Å²) in [6.07, 6.45) is 5.18. The number of anilines is 2.